The minimum atomic E-state index is -0.501. The van der Waals surface area contributed by atoms with Gasteiger partial charge in [0.05, 0.1) is 21.2 Å². The molecule has 2 aromatic heterocycles. The lowest BCUT2D eigenvalue weighted by Crippen LogP contribution is -2.47. The Bertz CT molecular complexity index is 1250. The van der Waals surface area contributed by atoms with Gasteiger partial charge in [-0.15, -0.1) is 11.3 Å². The highest BCUT2D eigenvalue weighted by Gasteiger charge is 2.36. The van der Waals surface area contributed by atoms with Crippen molar-refractivity contribution >= 4 is 56.5 Å². The zero-order chi connectivity index (χ0) is 23.8. The minimum absolute atomic E-state index is 0.00679. The lowest BCUT2D eigenvalue weighted by molar-refractivity contribution is -0.150. The number of thiophene rings is 1. The monoisotopic (exact) mass is 503 g/mol. The maximum Gasteiger partial charge on any atom is 0.310 e. The molecule has 2 atom stereocenters. The molecule has 1 aromatic carbocycles. The van der Waals surface area contributed by atoms with Crippen LogP contribution in [0, 0.1) is 11.7 Å². The van der Waals surface area contributed by atoms with Crippen LogP contribution in [0.3, 0.4) is 0 Å². The first kappa shape index (κ1) is 22.9. The van der Waals surface area contributed by atoms with Crippen LogP contribution in [0.4, 0.5) is 15.9 Å². The third kappa shape index (κ3) is 4.70. The number of anilines is 2. The molecule has 0 aliphatic carbocycles. The predicted molar refractivity (Wildman–Crippen MR) is 128 cm³/mol. The van der Waals surface area contributed by atoms with E-state index in [1.54, 1.807) is 12.1 Å². The van der Waals surface area contributed by atoms with Crippen molar-refractivity contribution in [1.29, 1.82) is 0 Å². The first-order valence-corrected chi connectivity index (χ1v) is 12.3. The standard InChI is InChI=1S/C23H23ClFN5O3S/c1-12-8-19(33-23(12)32)30-6-4-13(5-7-30)29-21(31)18-10-15-20(26-11-27-22(15)34-18)28-14-2-3-17(25)16(24)9-14/h2-3,9-13,19H,4-8H2,1H3,(H,29,31)(H,26,27,28). The Morgan fingerprint density at radius 2 is 2.06 bits per heavy atom. The number of fused-ring (bicyclic) bond motifs is 1. The number of aromatic nitrogens is 2. The molecule has 2 N–H and O–H groups in total. The van der Waals surface area contributed by atoms with Gasteiger partial charge in [-0.05, 0) is 37.1 Å². The number of amides is 1. The normalized spacial score (nSPS) is 21.6. The van der Waals surface area contributed by atoms with Crippen LogP contribution in [0.15, 0.2) is 30.6 Å². The molecule has 8 nitrogen and oxygen atoms in total. The second kappa shape index (κ2) is 9.44. The van der Waals surface area contributed by atoms with Gasteiger partial charge < -0.3 is 15.4 Å². The van der Waals surface area contributed by atoms with Crippen LogP contribution in [0.2, 0.25) is 5.02 Å². The van der Waals surface area contributed by atoms with Gasteiger partial charge in [-0.25, -0.2) is 14.4 Å². The van der Waals surface area contributed by atoms with Gasteiger partial charge in [-0.1, -0.05) is 18.5 Å². The van der Waals surface area contributed by atoms with Gasteiger partial charge >= 0.3 is 5.97 Å². The number of piperidine rings is 1. The lowest BCUT2D eigenvalue weighted by Gasteiger charge is -2.35. The maximum absolute atomic E-state index is 13.5. The summed E-state index contributed by atoms with van der Waals surface area (Å²) in [7, 11) is 0. The summed E-state index contributed by atoms with van der Waals surface area (Å²) >= 11 is 7.16. The first-order valence-electron chi connectivity index (χ1n) is 11.1. The number of ether oxygens (including phenoxy) is 1. The van der Waals surface area contributed by atoms with Gasteiger partial charge in [0.2, 0.25) is 0 Å². The summed E-state index contributed by atoms with van der Waals surface area (Å²) in [5.74, 6) is -0.337. The molecule has 0 bridgehead atoms. The molecule has 3 aromatic rings. The van der Waals surface area contributed by atoms with Crippen molar-refractivity contribution in [1.82, 2.24) is 20.2 Å². The third-order valence-electron chi connectivity index (χ3n) is 6.22. The van der Waals surface area contributed by atoms with Crippen molar-refractivity contribution in [2.24, 2.45) is 5.92 Å². The highest BCUT2D eigenvalue weighted by atomic mass is 35.5. The minimum Gasteiger partial charge on any atom is -0.446 e. The van der Waals surface area contributed by atoms with E-state index in [1.165, 1.54) is 29.8 Å². The van der Waals surface area contributed by atoms with Crippen molar-refractivity contribution in [2.75, 3.05) is 18.4 Å². The quantitative estimate of drug-likeness (QED) is 0.500. The fourth-order valence-electron chi connectivity index (χ4n) is 4.29. The summed E-state index contributed by atoms with van der Waals surface area (Å²) in [6.45, 7) is 3.42. The van der Waals surface area contributed by atoms with Crippen LogP contribution in [0.25, 0.3) is 10.2 Å². The third-order valence-corrected chi connectivity index (χ3v) is 7.55. The van der Waals surface area contributed by atoms with Crippen LogP contribution in [-0.4, -0.2) is 52.1 Å². The number of hydrogen-bond acceptors (Lipinski definition) is 8. The van der Waals surface area contributed by atoms with Crippen molar-refractivity contribution in [3.05, 3.63) is 46.3 Å². The SMILES string of the molecule is CC1CC(N2CCC(NC(=O)c3cc4c(Nc5ccc(F)c(Cl)c5)ncnc4s3)CC2)OC1=O. The molecule has 178 valence electrons. The molecule has 0 spiro atoms. The van der Waals surface area contributed by atoms with Crippen molar-refractivity contribution in [3.8, 4) is 0 Å². The molecular weight excluding hydrogens is 481 g/mol. The smallest absolute Gasteiger partial charge is 0.310 e. The molecule has 2 unspecified atom stereocenters. The highest BCUT2D eigenvalue weighted by Crippen LogP contribution is 2.31. The van der Waals surface area contributed by atoms with E-state index in [9.17, 15) is 14.0 Å². The molecule has 5 rings (SSSR count). The molecule has 2 fully saturated rings. The van der Waals surface area contributed by atoms with E-state index >= 15 is 0 Å². The number of halogens is 2. The number of carbonyl (C=O) groups is 2. The Morgan fingerprint density at radius 1 is 1.26 bits per heavy atom. The van der Waals surface area contributed by atoms with Crippen molar-refractivity contribution in [2.45, 2.75) is 38.5 Å². The molecule has 34 heavy (non-hydrogen) atoms. The van der Waals surface area contributed by atoms with Crippen molar-refractivity contribution < 1.29 is 18.7 Å². The molecule has 2 aliphatic heterocycles. The van der Waals surface area contributed by atoms with Gasteiger partial charge in [0.25, 0.3) is 5.91 Å². The highest BCUT2D eigenvalue weighted by molar-refractivity contribution is 7.20. The molecule has 0 saturated carbocycles. The van der Waals surface area contributed by atoms with Gasteiger partial charge in [-0.2, -0.15) is 0 Å². The first-order chi connectivity index (χ1) is 16.4. The van der Waals surface area contributed by atoms with Crippen LogP contribution >= 0.6 is 22.9 Å². The van der Waals surface area contributed by atoms with E-state index in [4.69, 9.17) is 16.3 Å². The van der Waals surface area contributed by atoms with Gasteiger partial charge in [0.15, 0.2) is 6.23 Å². The molecule has 11 heteroatoms. The number of likely N-dealkylation sites (tertiary alicyclic amines) is 1. The molecule has 4 heterocycles. The number of esters is 1. The van der Waals surface area contributed by atoms with Gasteiger partial charge in [0.1, 0.15) is 22.8 Å². The van der Waals surface area contributed by atoms with E-state index in [2.05, 4.69) is 25.5 Å². The number of rotatable bonds is 5. The Morgan fingerprint density at radius 3 is 2.76 bits per heavy atom. The Hall–Kier alpha value is -2.82. The molecule has 2 aliphatic rings. The van der Waals surface area contributed by atoms with E-state index in [0.29, 0.717) is 26.6 Å². The summed E-state index contributed by atoms with van der Waals surface area (Å²) in [6, 6.07) is 6.13. The maximum atomic E-state index is 13.5. The van der Waals surface area contributed by atoms with Crippen LogP contribution in [0.1, 0.15) is 35.9 Å². The number of hydrogen-bond donors (Lipinski definition) is 2. The predicted octanol–water partition coefficient (Wildman–Crippen LogP) is 4.33. The lowest BCUT2D eigenvalue weighted by atomic mass is 10.0. The summed E-state index contributed by atoms with van der Waals surface area (Å²) in [4.78, 5) is 36.6. The summed E-state index contributed by atoms with van der Waals surface area (Å²) < 4.78 is 18.9. The zero-order valence-corrected chi connectivity index (χ0v) is 20.0. The second-order valence-electron chi connectivity index (χ2n) is 8.62. The van der Waals surface area contributed by atoms with Gasteiger partial charge in [-0.3, -0.25) is 14.5 Å². The molecule has 1 amide bonds. The summed E-state index contributed by atoms with van der Waals surface area (Å²) in [5, 5.41) is 6.94. The molecular formula is C23H23ClFN5O3S. The van der Waals surface area contributed by atoms with E-state index in [-0.39, 0.29) is 35.1 Å². The fourth-order valence-corrected chi connectivity index (χ4v) is 5.37. The van der Waals surface area contributed by atoms with Crippen LogP contribution in [-0.2, 0) is 9.53 Å². The number of nitrogens with one attached hydrogen (secondary N) is 2. The Kier molecular flexibility index (Phi) is 6.37. The molecule has 0 radical (unpaired) electrons. The average Bonchev–Trinajstić information content (AvgIpc) is 3.41. The van der Waals surface area contributed by atoms with Crippen LogP contribution in [0.5, 0.6) is 0 Å². The molecule has 2 saturated heterocycles. The van der Waals surface area contributed by atoms with E-state index in [0.717, 1.165) is 32.4 Å². The van der Waals surface area contributed by atoms with E-state index < -0.39 is 5.82 Å². The Balaban J connectivity index is 1.23. The number of nitrogens with zero attached hydrogens (tertiary/aromatic N) is 3. The number of benzene rings is 1. The van der Waals surface area contributed by atoms with Crippen molar-refractivity contribution in [3.63, 3.8) is 0 Å². The second-order valence-corrected chi connectivity index (χ2v) is 10.1. The largest absolute Gasteiger partial charge is 0.446 e. The number of cyclic esters (lactones) is 1. The van der Waals surface area contributed by atoms with Crippen LogP contribution < -0.4 is 10.6 Å². The number of carbonyl (C=O) groups excluding carboxylic acids is 2. The van der Waals surface area contributed by atoms with Gasteiger partial charge in [0, 0.05) is 31.2 Å². The summed E-state index contributed by atoms with van der Waals surface area (Å²) in [5.41, 5.74) is 0.581. The summed E-state index contributed by atoms with van der Waals surface area (Å²) in [6.07, 6.45) is 3.57. The average molecular weight is 504 g/mol. The topological polar surface area (TPSA) is 96.5 Å². The van der Waals surface area contributed by atoms with E-state index in [1.807, 2.05) is 6.92 Å². The Labute approximate surface area is 204 Å². The fraction of sp³-hybridized carbons (Fsp3) is 0.391. The zero-order valence-electron chi connectivity index (χ0n) is 18.4.